The van der Waals surface area contributed by atoms with Gasteiger partial charge in [0.05, 0.1) is 42.0 Å². The highest BCUT2D eigenvalue weighted by Gasteiger charge is 2.46. The number of amides is 1. The van der Waals surface area contributed by atoms with E-state index in [1.165, 1.54) is 42.6 Å². The van der Waals surface area contributed by atoms with E-state index in [1.54, 1.807) is 43.3 Å². The lowest BCUT2D eigenvalue weighted by molar-refractivity contribution is -0.117. The number of ketones is 1. The summed E-state index contributed by atoms with van der Waals surface area (Å²) in [5.74, 6) is -1.98. The molecule has 0 fully saturated rings. The molecule has 1 unspecified atom stereocenters. The summed E-state index contributed by atoms with van der Waals surface area (Å²) >= 11 is 1.20. The van der Waals surface area contributed by atoms with Gasteiger partial charge in [-0.1, -0.05) is 48.5 Å². The largest absolute Gasteiger partial charge is 0.503 e. The van der Waals surface area contributed by atoms with Gasteiger partial charge in [-0.05, 0) is 37.3 Å². The fourth-order valence-corrected chi connectivity index (χ4v) is 5.63. The fraction of sp³-hybridized carbons (Fsp3) is 0.133. The Bertz CT molecular complexity index is 1610. The van der Waals surface area contributed by atoms with Crippen LogP contribution in [0.15, 0.2) is 90.2 Å². The number of carbonyl (C=O) groups is 3. The van der Waals surface area contributed by atoms with E-state index in [1.807, 2.05) is 30.3 Å². The SMILES string of the molecule is COC(=O)c1ccc(N2C(=O)C(O)=C(C(=O)c3sc(-c4ccccc4)nc3C)C2c2ccccc2OC)cc1. The molecule has 0 radical (unpaired) electrons. The highest BCUT2D eigenvalue weighted by Crippen LogP contribution is 2.45. The zero-order valence-electron chi connectivity index (χ0n) is 21.4. The fourth-order valence-electron chi connectivity index (χ4n) is 4.60. The lowest BCUT2D eigenvalue weighted by Gasteiger charge is -2.28. The van der Waals surface area contributed by atoms with Crippen LogP contribution in [-0.4, -0.2) is 42.0 Å². The smallest absolute Gasteiger partial charge is 0.337 e. The van der Waals surface area contributed by atoms with Crippen molar-refractivity contribution in [2.24, 2.45) is 0 Å². The van der Waals surface area contributed by atoms with Gasteiger partial charge in [0.15, 0.2) is 5.76 Å². The van der Waals surface area contributed by atoms with Crippen LogP contribution in [0.3, 0.4) is 0 Å². The second kappa shape index (κ2) is 10.5. The van der Waals surface area contributed by atoms with Crippen LogP contribution in [0.25, 0.3) is 10.6 Å². The number of thiazole rings is 1. The maximum Gasteiger partial charge on any atom is 0.337 e. The first-order valence-electron chi connectivity index (χ1n) is 12.0. The number of aliphatic hydroxyl groups excluding tert-OH is 1. The lowest BCUT2D eigenvalue weighted by Crippen LogP contribution is -2.31. The molecule has 0 saturated heterocycles. The number of carbonyl (C=O) groups excluding carboxylic acids is 3. The molecule has 0 bridgehead atoms. The maximum atomic E-state index is 14.1. The average molecular weight is 541 g/mol. The summed E-state index contributed by atoms with van der Waals surface area (Å²) in [7, 11) is 2.78. The predicted molar refractivity (Wildman–Crippen MR) is 147 cm³/mol. The number of nitrogens with zero attached hydrogens (tertiary/aromatic N) is 2. The molecule has 39 heavy (non-hydrogen) atoms. The third-order valence-corrected chi connectivity index (χ3v) is 7.68. The number of benzene rings is 3. The molecule has 1 N–H and O–H groups in total. The second-order valence-electron chi connectivity index (χ2n) is 8.75. The number of methoxy groups -OCH3 is 2. The monoisotopic (exact) mass is 540 g/mol. The van der Waals surface area contributed by atoms with Gasteiger partial charge in [0.2, 0.25) is 5.78 Å². The van der Waals surface area contributed by atoms with E-state index < -0.39 is 29.5 Å². The lowest BCUT2D eigenvalue weighted by atomic mass is 9.94. The molecule has 8 nitrogen and oxygen atoms in total. The summed E-state index contributed by atoms with van der Waals surface area (Å²) in [5, 5.41) is 11.8. The molecule has 1 aromatic heterocycles. The summed E-state index contributed by atoms with van der Waals surface area (Å²) in [6.07, 6.45) is 0. The molecule has 5 rings (SSSR count). The van der Waals surface area contributed by atoms with Crippen LogP contribution in [-0.2, 0) is 9.53 Å². The Morgan fingerprint density at radius 3 is 2.28 bits per heavy atom. The molecular weight excluding hydrogens is 516 g/mol. The Morgan fingerprint density at radius 2 is 1.62 bits per heavy atom. The minimum absolute atomic E-state index is 0.0760. The molecule has 2 heterocycles. The van der Waals surface area contributed by atoms with Crippen LogP contribution in [0.4, 0.5) is 5.69 Å². The number of Topliss-reactive ketones (excluding diaryl/α,β-unsaturated/α-hetero) is 1. The van der Waals surface area contributed by atoms with E-state index in [0.717, 1.165) is 5.56 Å². The van der Waals surface area contributed by atoms with E-state index in [-0.39, 0.29) is 5.57 Å². The number of aliphatic hydroxyl groups is 1. The van der Waals surface area contributed by atoms with Crippen molar-refractivity contribution in [2.45, 2.75) is 13.0 Å². The first-order valence-corrected chi connectivity index (χ1v) is 12.8. The van der Waals surface area contributed by atoms with Crippen molar-refractivity contribution in [3.05, 3.63) is 112 Å². The summed E-state index contributed by atoms with van der Waals surface area (Å²) in [5.41, 5.74) is 2.47. The van der Waals surface area contributed by atoms with Crippen molar-refractivity contribution in [3.8, 4) is 16.3 Å². The van der Waals surface area contributed by atoms with Gasteiger partial charge in [-0.2, -0.15) is 0 Å². The third-order valence-electron chi connectivity index (χ3n) is 6.48. The Balaban J connectivity index is 1.63. The van der Waals surface area contributed by atoms with Crippen LogP contribution in [0.1, 0.15) is 37.3 Å². The van der Waals surface area contributed by atoms with E-state index in [2.05, 4.69) is 4.98 Å². The number of para-hydroxylation sites is 1. The second-order valence-corrected chi connectivity index (χ2v) is 9.75. The number of hydrogen-bond donors (Lipinski definition) is 1. The molecule has 3 aromatic carbocycles. The number of aromatic nitrogens is 1. The Hall–Kier alpha value is -4.76. The number of ether oxygens (including phenoxy) is 2. The van der Waals surface area contributed by atoms with Gasteiger partial charge in [-0.3, -0.25) is 14.5 Å². The highest BCUT2D eigenvalue weighted by molar-refractivity contribution is 7.17. The van der Waals surface area contributed by atoms with E-state index >= 15 is 0 Å². The highest BCUT2D eigenvalue weighted by atomic mass is 32.1. The van der Waals surface area contributed by atoms with Crippen molar-refractivity contribution in [2.75, 3.05) is 19.1 Å². The average Bonchev–Trinajstić information content (AvgIpc) is 3.49. The quantitative estimate of drug-likeness (QED) is 0.237. The van der Waals surface area contributed by atoms with Crippen molar-refractivity contribution in [1.29, 1.82) is 0 Å². The van der Waals surface area contributed by atoms with Gasteiger partial charge in [0, 0.05) is 16.8 Å². The van der Waals surface area contributed by atoms with Crippen molar-refractivity contribution in [1.82, 2.24) is 4.98 Å². The normalized spacial score (nSPS) is 15.0. The molecule has 9 heteroatoms. The maximum absolute atomic E-state index is 14.1. The zero-order chi connectivity index (χ0) is 27.7. The van der Waals surface area contributed by atoms with Crippen LogP contribution < -0.4 is 9.64 Å². The van der Waals surface area contributed by atoms with E-state index in [9.17, 15) is 19.5 Å². The summed E-state index contributed by atoms with van der Waals surface area (Å²) in [6.45, 7) is 1.73. The molecular formula is C30H24N2O6S. The van der Waals surface area contributed by atoms with Crippen LogP contribution >= 0.6 is 11.3 Å². The van der Waals surface area contributed by atoms with Gasteiger partial charge in [-0.15, -0.1) is 11.3 Å². The summed E-state index contributed by atoms with van der Waals surface area (Å²) in [4.78, 5) is 45.8. The zero-order valence-corrected chi connectivity index (χ0v) is 22.2. The first-order chi connectivity index (χ1) is 18.8. The Labute approximate surface area is 228 Å². The number of aryl methyl sites for hydroxylation is 1. The third kappa shape index (κ3) is 4.57. The van der Waals surface area contributed by atoms with Crippen LogP contribution in [0.2, 0.25) is 0 Å². The molecule has 1 atom stereocenters. The molecule has 1 amide bonds. The minimum atomic E-state index is -0.994. The first kappa shape index (κ1) is 25.9. The number of rotatable bonds is 7. The van der Waals surface area contributed by atoms with E-state index in [4.69, 9.17) is 9.47 Å². The van der Waals surface area contributed by atoms with Crippen molar-refractivity contribution >= 4 is 34.7 Å². The topological polar surface area (TPSA) is 106 Å². The molecule has 0 saturated carbocycles. The molecule has 4 aromatic rings. The molecule has 1 aliphatic rings. The van der Waals surface area contributed by atoms with Gasteiger partial charge < -0.3 is 14.6 Å². The number of hydrogen-bond acceptors (Lipinski definition) is 8. The van der Waals surface area contributed by atoms with Crippen LogP contribution in [0.5, 0.6) is 5.75 Å². The van der Waals surface area contributed by atoms with Gasteiger partial charge in [-0.25, -0.2) is 9.78 Å². The Morgan fingerprint density at radius 1 is 0.949 bits per heavy atom. The van der Waals surface area contributed by atoms with Crippen molar-refractivity contribution in [3.63, 3.8) is 0 Å². The summed E-state index contributed by atoms with van der Waals surface area (Å²) < 4.78 is 10.3. The summed E-state index contributed by atoms with van der Waals surface area (Å²) in [6, 6.07) is 21.7. The molecule has 1 aliphatic heterocycles. The van der Waals surface area contributed by atoms with E-state index in [0.29, 0.717) is 38.1 Å². The van der Waals surface area contributed by atoms with Gasteiger partial charge in [0.25, 0.3) is 5.91 Å². The minimum Gasteiger partial charge on any atom is -0.503 e. The standard InChI is InChI=1S/C30H24N2O6S/c1-17-27(39-28(31-17)18-9-5-4-6-10-18)25(33)23-24(21-11-7-8-12-22(21)37-2)32(29(35)26(23)34)20-15-13-19(14-16-20)30(36)38-3/h4-16,24,34H,1-3H3. The van der Waals surface area contributed by atoms with Crippen molar-refractivity contribution < 1.29 is 29.0 Å². The molecule has 0 spiro atoms. The Kier molecular flexibility index (Phi) is 7.00. The van der Waals surface area contributed by atoms with Gasteiger partial charge >= 0.3 is 5.97 Å². The number of anilines is 1. The predicted octanol–water partition coefficient (Wildman–Crippen LogP) is 5.70. The molecule has 196 valence electrons. The number of esters is 1. The van der Waals surface area contributed by atoms with Crippen LogP contribution in [0, 0.1) is 6.92 Å². The molecule has 0 aliphatic carbocycles. The van der Waals surface area contributed by atoms with Gasteiger partial charge in [0.1, 0.15) is 10.8 Å².